The van der Waals surface area contributed by atoms with E-state index in [1.54, 1.807) is 18.5 Å². The first-order chi connectivity index (χ1) is 9.54. The van der Waals surface area contributed by atoms with Crippen molar-refractivity contribution in [2.24, 2.45) is 5.92 Å². The van der Waals surface area contributed by atoms with E-state index in [1.807, 2.05) is 13.0 Å². The number of carboxylic acid groups (broad SMARTS) is 1. The van der Waals surface area contributed by atoms with Crippen molar-refractivity contribution in [3.63, 3.8) is 0 Å². The summed E-state index contributed by atoms with van der Waals surface area (Å²) in [5.74, 6) is -0.533. The molecule has 20 heavy (non-hydrogen) atoms. The van der Waals surface area contributed by atoms with E-state index < -0.39 is 5.97 Å². The van der Waals surface area contributed by atoms with Crippen molar-refractivity contribution in [1.29, 1.82) is 0 Å². The maximum atomic E-state index is 11.0. The van der Waals surface area contributed by atoms with Crippen molar-refractivity contribution in [2.45, 2.75) is 26.8 Å². The van der Waals surface area contributed by atoms with Crippen molar-refractivity contribution < 1.29 is 14.6 Å². The van der Waals surface area contributed by atoms with Crippen molar-refractivity contribution in [1.82, 2.24) is 9.55 Å². The van der Waals surface area contributed by atoms with Crippen LogP contribution in [0.25, 0.3) is 11.0 Å². The highest BCUT2D eigenvalue weighted by Crippen LogP contribution is 2.24. The highest BCUT2D eigenvalue weighted by atomic mass is 16.5. The molecule has 0 bridgehead atoms. The Morgan fingerprint density at radius 2 is 2.20 bits per heavy atom. The van der Waals surface area contributed by atoms with E-state index in [0.717, 1.165) is 5.52 Å². The summed E-state index contributed by atoms with van der Waals surface area (Å²) in [4.78, 5) is 15.3. The number of imidazole rings is 1. The fourth-order valence-electron chi connectivity index (χ4n) is 2.26. The van der Waals surface area contributed by atoms with Crippen molar-refractivity contribution in [3.05, 3.63) is 30.1 Å². The zero-order chi connectivity index (χ0) is 14.7. The highest BCUT2D eigenvalue weighted by molar-refractivity contribution is 5.92. The molecule has 1 aromatic heterocycles. The third-order valence-corrected chi connectivity index (χ3v) is 3.44. The second-order valence-electron chi connectivity index (χ2n) is 5.13. The van der Waals surface area contributed by atoms with Gasteiger partial charge in [-0.1, -0.05) is 13.8 Å². The van der Waals surface area contributed by atoms with Gasteiger partial charge in [0.2, 0.25) is 0 Å². The van der Waals surface area contributed by atoms with E-state index >= 15 is 0 Å². The zero-order valence-electron chi connectivity index (χ0n) is 12.0. The Hall–Kier alpha value is -1.88. The zero-order valence-corrected chi connectivity index (χ0v) is 12.0. The van der Waals surface area contributed by atoms with Gasteiger partial charge in [0, 0.05) is 6.61 Å². The average molecular weight is 276 g/mol. The number of benzene rings is 1. The van der Waals surface area contributed by atoms with E-state index in [4.69, 9.17) is 9.84 Å². The lowest BCUT2D eigenvalue weighted by Crippen LogP contribution is -2.20. The molecule has 0 fully saturated rings. The highest BCUT2D eigenvalue weighted by Gasteiger charge is 2.18. The first-order valence-corrected chi connectivity index (χ1v) is 6.82. The molecule has 5 heteroatoms. The number of ether oxygens (including phenoxy) is 1. The summed E-state index contributed by atoms with van der Waals surface area (Å²) in [6.45, 7) is 7.56. The molecular weight excluding hydrogens is 256 g/mol. The molecule has 1 aromatic carbocycles. The molecule has 0 saturated heterocycles. The SMILES string of the molecule is CCOCC(C(C)C)n1cnc2cc(C(=O)O)ccc21. The number of hydrogen-bond donors (Lipinski definition) is 1. The fourth-order valence-corrected chi connectivity index (χ4v) is 2.26. The summed E-state index contributed by atoms with van der Waals surface area (Å²) in [6, 6.07) is 5.22. The van der Waals surface area contributed by atoms with Gasteiger partial charge in [0.05, 0.1) is 35.6 Å². The summed E-state index contributed by atoms with van der Waals surface area (Å²) in [6.07, 6.45) is 1.76. The monoisotopic (exact) mass is 276 g/mol. The van der Waals surface area contributed by atoms with Crippen LogP contribution in [0.1, 0.15) is 37.2 Å². The van der Waals surface area contributed by atoms with Gasteiger partial charge in [-0.3, -0.25) is 0 Å². The molecule has 0 aliphatic rings. The molecule has 1 heterocycles. The maximum absolute atomic E-state index is 11.0. The lowest BCUT2D eigenvalue weighted by atomic mass is 10.0. The van der Waals surface area contributed by atoms with E-state index in [2.05, 4.69) is 23.4 Å². The largest absolute Gasteiger partial charge is 0.478 e. The first kappa shape index (κ1) is 14.5. The van der Waals surface area contributed by atoms with Crippen LogP contribution in [0, 0.1) is 5.92 Å². The van der Waals surface area contributed by atoms with Crippen LogP contribution in [-0.4, -0.2) is 33.8 Å². The summed E-state index contributed by atoms with van der Waals surface area (Å²) in [7, 11) is 0. The molecule has 0 amide bonds. The van der Waals surface area contributed by atoms with Crippen molar-refractivity contribution in [2.75, 3.05) is 13.2 Å². The first-order valence-electron chi connectivity index (χ1n) is 6.82. The Kier molecular flexibility index (Phi) is 4.39. The minimum atomic E-state index is -0.934. The molecule has 0 aliphatic carbocycles. The normalized spacial score (nSPS) is 13.0. The molecule has 2 rings (SSSR count). The summed E-state index contributed by atoms with van der Waals surface area (Å²) < 4.78 is 7.62. The van der Waals surface area contributed by atoms with Crippen LogP contribution in [0.15, 0.2) is 24.5 Å². The molecule has 108 valence electrons. The fraction of sp³-hybridized carbons (Fsp3) is 0.467. The summed E-state index contributed by atoms with van der Waals surface area (Å²) >= 11 is 0. The predicted octanol–water partition coefficient (Wildman–Crippen LogP) is 2.97. The number of carbonyl (C=O) groups is 1. The molecule has 0 spiro atoms. The molecule has 5 nitrogen and oxygen atoms in total. The number of aromatic carboxylic acids is 1. The number of fused-ring (bicyclic) bond motifs is 1. The topological polar surface area (TPSA) is 64.4 Å². The van der Waals surface area contributed by atoms with E-state index in [9.17, 15) is 4.79 Å². The van der Waals surface area contributed by atoms with Crippen molar-refractivity contribution >= 4 is 17.0 Å². The lowest BCUT2D eigenvalue weighted by molar-refractivity contribution is 0.0697. The Labute approximate surface area is 118 Å². The van der Waals surface area contributed by atoms with E-state index in [-0.39, 0.29) is 11.6 Å². The van der Waals surface area contributed by atoms with Gasteiger partial charge in [0.25, 0.3) is 0 Å². The standard InChI is InChI=1S/C15H20N2O3/c1-4-20-8-14(10(2)3)17-9-16-12-7-11(15(18)19)5-6-13(12)17/h5-7,9-10,14H,4,8H2,1-3H3,(H,18,19). The van der Waals surface area contributed by atoms with Crippen LogP contribution < -0.4 is 0 Å². The van der Waals surface area contributed by atoms with Gasteiger partial charge in [-0.05, 0) is 31.0 Å². The van der Waals surface area contributed by atoms with Gasteiger partial charge >= 0.3 is 5.97 Å². The predicted molar refractivity (Wildman–Crippen MR) is 77.1 cm³/mol. The van der Waals surface area contributed by atoms with Crippen LogP contribution in [0.2, 0.25) is 0 Å². The minimum Gasteiger partial charge on any atom is -0.478 e. The second-order valence-corrected chi connectivity index (χ2v) is 5.13. The molecular formula is C15H20N2O3. The minimum absolute atomic E-state index is 0.190. The van der Waals surface area contributed by atoms with Crippen molar-refractivity contribution in [3.8, 4) is 0 Å². The van der Waals surface area contributed by atoms with Gasteiger partial charge in [-0.25, -0.2) is 9.78 Å². The number of nitrogens with zero attached hydrogens (tertiary/aromatic N) is 2. The molecule has 1 unspecified atom stereocenters. The molecule has 1 atom stereocenters. The quantitative estimate of drug-likeness (QED) is 0.881. The Balaban J connectivity index is 2.40. The lowest BCUT2D eigenvalue weighted by Gasteiger charge is -2.23. The van der Waals surface area contributed by atoms with E-state index in [0.29, 0.717) is 24.6 Å². The number of carboxylic acids is 1. The van der Waals surface area contributed by atoms with Crippen LogP contribution in [0.3, 0.4) is 0 Å². The van der Waals surface area contributed by atoms with Gasteiger partial charge < -0.3 is 14.4 Å². The number of hydrogen-bond acceptors (Lipinski definition) is 3. The second kappa shape index (κ2) is 6.05. The third-order valence-electron chi connectivity index (χ3n) is 3.44. The van der Waals surface area contributed by atoms with Crippen LogP contribution in [-0.2, 0) is 4.74 Å². The van der Waals surface area contributed by atoms with Gasteiger partial charge in [0.1, 0.15) is 0 Å². The molecule has 0 saturated carbocycles. The average Bonchev–Trinajstić information content (AvgIpc) is 2.82. The molecule has 0 aliphatic heterocycles. The van der Waals surface area contributed by atoms with Crippen LogP contribution in [0.5, 0.6) is 0 Å². The van der Waals surface area contributed by atoms with Crippen LogP contribution in [0.4, 0.5) is 0 Å². The number of aromatic nitrogens is 2. The summed E-state index contributed by atoms with van der Waals surface area (Å²) in [5.41, 5.74) is 1.90. The molecule has 1 N–H and O–H groups in total. The van der Waals surface area contributed by atoms with Crippen LogP contribution >= 0.6 is 0 Å². The van der Waals surface area contributed by atoms with Gasteiger partial charge in [-0.2, -0.15) is 0 Å². The maximum Gasteiger partial charge on any atom is 0.335 e. The third kappa shape index (κ3) is 2.82. The smallest absolute Gasteiger partial charge is 0.335 e. The van der Waals surface area contributed by atoms with E-state index in [1.165, 1.54) is 0 Å². The van der Waals surface area contributed by atoms with Gasteiger partial charge in [-0.15, -0.1) is 0 Å². The Morgan fingerprint density at radius 1 is 1.45 bits per heavy atom. The number of rotatable bonds is 6. The Morgan fingerprint density at radius 3 is 2.80 bits per heavy atom. The summed E-state index contributed by atoms with van der Waals surface area (Å²) in [5, 5.41) is 9.01. The molecule has 0 radical (unpaired) electrons. The molecule has 2 aromatic rings. The Bertz CT molecular complexity index is 604. The van der Waals surface area contributed by atoms with Gasteiger partial charge in [0.15, 0.2) is 0 Å².